The van der Waals surface area contributed by atoms with Gasteiger partial charge in [0.05, 0.1) is 12.0 Å². The summed E-state index contributed by atoms with van der Waals surface area (Å²) in [6, 6.07) is 10.9. The number of ether oxygens (including phenoxy) is 1. The normalized spacial score (nSPS) is 15.5. The Hall–Kier alpha value is -2.97. The van der Waals surface area contributed by atoms with E-state index >= 15 is 0 Å². The summed E-state index contributed by atoms with van der Waals surface area (Å²) >= 11 is 5.95. The van der Waals surface area contributed by atoms with Gasteiger partial charge in [-0.2, -0.15) is 0 Å². The van der Waals surface area contributed by atoms with Crippen molar-refractivity contribution in [3.05, 3.63) is 74.3 Å². The lowest BCUT2D eigenvalue weighted by molar-refractivity contribution is -0.385. The first-order chi connectivity index (χ1) is 14.3. The van der Waals surface area contributed by atoms with Crippen LogP contribution in [-0.4, -0.2) is 59.9 Å². The second kappa shape index (κ2) is 9.23. The quantitative estimate of drug-likeness (QED) is 0.410. The summed E-state index contributed by atoms with van der Waals surface area (Å²) in [6.07, 6.45) is 0. The van der Waals surface area contributed by atoms with E-state index < -0.39 is 11.0 Å². The van der Waals surface area contributed by atoms with Crippen molar-refractivity contribution < 1.29 is 19.2 Å². The molecule has 1 fully saturated rings. The standard InChI is InChI=1S/C21H22ClN3O5/c1-14-3-4-16(13-18(14)25(28)29)20(26)24-11-9-23(10-12-24)19(21(27)30-2)15-5-7-17(22)8-6-15/h3-8,13,19H,9-12H2,1-2H3. The highest BCUT2D eigenvalue weighted by Gasteiger charge is 2.32. The van der Waals surface area contributed by atoms with Crippen LogP contribution in [0.3, 0.4) is 0 Å². The van der Waals surface area contributed by atoms with Crippen molar-refractivity contribution in [2.45, 2.75) is 13.0 Å². The van der Waals surface area contributed by atoms with Gasteiger partial charge in [-0.25, -0.2) is 4.79 Å². The molecule has 0 aromatic heterocycles. The van der Waals surface area contributed by atoms with Gasteiger partial charge in [-0.05, 0) is 30.7 Å². The monoisotopic (exact) mass is 431 g/mol. The Morgan fingerprint density at radius 3 is 2.30 bits per heavy atom. The molecule has 1 heterocycles. The van der Waals surface area contributed by atoms with Crippen molar-refractivity contribution in [1.29, 1.82) is 0 Å². The molecule has 1 saturated heterocycles. The van der Waals surface area contributed by atoms with Gasteiger partial charge in [-0.1, -0.05) is 29.8 Å². The van der Waals surface area contributed by atoms with Crippen molar-refractivity contribution in [3.63, 3.8) is 0 Å². The van der Waals surface area contributed by atoms with Crippen LogP contribution in [0.15, 0.2) is 42.5 Å². The number of halogens is 1. The third-order valence-electron chi connectivity index (χ3n) is 5.23. The van der Waals surface area contributed by atoms with E-state index in [1.54, 1.807) is 48.2 Å². The molecule has 0 N–H and O–H groups in total. The minimum Gasteiger partial charge on any atom is -0.468 e. The minimum absolute atomic E-state index is 0.0759. The summed E-state index contributed by atoms with van der Waals surface area (Å²) in [7, 11) is 1.34. The number of carbonyl (C=O) groups excluding carboxylic acids is 2. The lowest BCUT2D eigenvalue weighted by Gasteiger charge is -2.38. The summed E-state index contributed by atoms with van der Waals surface area (Å²) in [6.45, 7) is 3.34. The summed E-state index contributed by atoms with van der Waals surface area (Å²) in [5.74, 6) is -0.648. The Labute approximate surface area is 179 Å². The van der Waals surface area contributed by atoms with Gasteiger partial charge in [0.15, 0.2) is 0 Å². The number of hydrogen-bond donors (Lipinski definition) is 0. The molecular formula is C21H22ClN3O5. The van der Waals surface area contributed by atoms with Crippen molar-refractivity contribution in [3.8, 4) is 0 Å². The first-order valence-corrected chi connectivity index (χ1v) is 9.81. The number of rotatable bonds is 5. The molecule has 1 aliphatic heterocycles. The maximum absolute atomic E-state index is 12.8. The van der Waals surface area contributed by atoms with Gasteiger partial charge in [0.1, 0.15) is 6.04 Å². The van der Waals surface area contributed by atoms with Crippen LogP contribution in [-0.2, 0) is 9.53 Å². The molecule has 1 unspecified atom stereocenters. The number of piperazine rings is 1. The zero-order valence-corrected chi connectivity index (χ0v) is 17.5. The summed E-state index contributed by atoms with van der Waals surface area (Å²) in [5, 5.41) is 11.7. The predicted molar refractivity (Wildman–Crippen MR) is 112 cm³/mol. The number of nitrogens with zero attached hydrogens (tertiary/aromatic N) is 3. The number of carbonyl (C=O) groups is 2. The fourth-order valence-corrected chi connectivity index (χ4v) is 3.68. The first kappa shape index (κ1) is 21.7. The van der Waals surface area contributed by atoms with E-state index in [1.807, 2.05) is 4.90 Å². The maximum Gasteiger partial charge on any atom is 0.327 e. The SMILES string of the molecule is COC(=O)C(c1ccc(Cl)cc1)N1CCN(C(=O)c2ccc(C)c([N+](=O)[O-])c2)CC1. The second-order valence-corrected chi connectivity index (χ2v) is 7.50. The van der Waals surface area contributed by atoms with E-state index in [0.29, 0.717) is 36.8 Å². The van der Waals surface area contributed by atoms with Crippen LogP contribution in [0.1, 0.15) is 27.5 Å². The lowest BCUT2D eigenvalue weighted by atomic mass is 10.0. The van der Waals surface area contributed by atoms with Gasteiger partial charge >= 0.3 is 5.97 Å². The zero-order chi connectivity index (χ0) is 21.8. The molecule has 0 aliphatic carbocycles. The molecule has 0 radical (unpaired) electrons. The van der Waals surface area contributed by atoms with Gasteiger partial charge in [-0.15, -0.1) is 0 Å². The number of methoxy groups -OCH3 is 1. The van der Waals surface area contributed by atoms with Crippen LogP contribution in [0.4, 0.5) is 5.69 Å². The van der Waals surface area contributed by atoms with Crippen LogP contribution in [0.25, 0.3) is 0 Å². The predicted octanol–water partition coefficient (Wildman–Crippen LogP) is 3.23. The van der Waals surface area contributed by atoms with E-state index in [4.69, 9.17) is 16.3 Å². The Balaban J connectivity index is 1.73. The smallest absolute Gasteiger partial charge is 0.327 e. The van der Waals surface area contributed by atoms with Crippen molar-refractivity contribution >= 4 is 29.2 Å². The molecule has 2 aromatic rings. The van der Waals surface area contributed by atoms with Crippen molar-refractivity contribution in [1.82, 2.24) is 9.80 Å². The van der Waals surface area contributed by atoms with E-state index in [2.05, 4.69) is 0 Å². The highest BCUT2D eigenvalue weighted by atomic mass is 35.5. The van der Waals surface area contributed by atoms with E-state index in [-0.39, 0.29) is 23.1 Å². The number of aryl methyl sites for hydroxylation is 1. The Morgan fingerprint density at radius 1 is 1.10 bits per heavy atom. The van der Waals surface area contributed by atoms with Crippen LogP contribution in [0.2, 0.25) is 5.02 Å². The van der Waals surface area contributed by atoms with Crippen LogP contribution >= 0.6 is 11.6 Å². The maximum atomic E-state index is 12.8. The Bertz CT molecular complexity index is 956. The average Bonchev–Trinajstić information content (AvgIpc) is 2.75. The first-order valence-electron chi connectivity index (χ1n) is 9.43. The molecule has 30 heavy (non-hydrogen) atoms. The average molecular weight is 432 g/mol. The topological polar surface area (TPSA) is 93.0 Å². The molecule has 3 rings (SSSR count). The molecule has 2 aromatic carbocycles. The van der Waals surface area contributed by atoms with Crippen LogP contribution < -0.4 is 0 Å². The fourth-order valence-electron chi connectivity index (χ4n) is 3.56. The summed E-state index contributed by atoms with van der Waals surface area (Å²) in [4.78, 5) is 39.5. The number of benzene rings is 2. The number of nitro groups is 1. The van der Waals surface area contributed by atoms with Crippen LogP contribution in [0.5, 0.6) is 0 Å². The lowest BCUT2D eigenvalue weighted by Crippen LogP contribution is -2.51. The molecule has 0 saturated carbocycles. The van der Waals surface area contributed by atoms with E-state index in [1.165, 1.54) is 13.2 Å². The third-order valence-corrected chi connectivity index (χ3v) is 5.48. The third kappa shape index (κ3) is 4.60. The molecule has 8 nitrogen and oxygen atoms in total. The highest BCUT2D eigenvalue weighted by Crippen LogP contribution is 2.26. The van der Waals surface area contributed by atoms with Crippen molar-refractivity contribution in [2.75, 3.05) is 33.3 Å². The summed E-state index contributed by atoms with van der Waals surface area (Å²) in [5.41, 5.74) is 1.47. The Morgan fingerprint density at radius 2 is 1.73 bits per heavy atom. The molecule has 9 heteroatoms. The van der Waals surface area contributed by atoms with E-state index in [9.17, 15) is 19.7 Å². The van der Waals surface area contributed by atoms with E-state index in [0.717, 1.165) is 5.56 Å². The number of amides is 1. The van der Waals surface area contributed by atoms with Gasteiger partial charge in [0.2, 0.25) is 0 Å². The van der Waals surface area contributed by atoms with Gasteiger partial charge in [-0.3, -0.25) is 19.8 Å². The Kier molecular flexibility index (Phi) is 6.69. The van der Waals surface area contributed by atoms with Crippen molar-refractivity contribution in [2.24, 2.45) is 0 Å². The largest absolute Gasteiger partial charge is 0.468 e. The molecule has 0 bridgehead atoms. The van der Waals surface area contributed by atoms with Crippen LogP contribution in [0, 0.1) is 17.0 Å². The zero-order valence-electron chi connectivity index (χ0n) is 16.7. The molecule has 0 spiro atoms. The van der Waals surface area contributed by atoms with Gasteiger partial charge in [0.25, 0.3) is 11.6 Å². The molecule has 1 atom stereocenters. The number of esters is 1. The molecular weight excluding hydrogens is 410 g/mol. The minimum atomic E-state index is -0.593. The molecule has 1 aliphatic rings. The van der Waals surface area contributed by atoms with Gasteiger partial charge < -0.3 is 9.64 Å². The summed E-state index contributed by atoms with van der Waals surface area (Å²) < 4.78 is 4.98. The fraction of sp³-hybridized carbons (Fsp3) is 0.333. The second-order valence-electron chi connectivity index (χ2n) is 7.06. The van der Waals surface area contributed by atoms with Gasteiger partial charge in [0, 0.05) is 48.4 Å². The molecule has 1 amide bonds. The number of nitro benzene ring substituents is 1. The molecule has 158 valence electrons. The number of hydrogen-bond acceptors (Lipinski definition) is 6. The highest BCUT2D eigenvalue weighted by molar-refractivity contribution is 6.30.